The average Bonchev–Trinajstić information content (AvgIpc) is 2.19. The van der Waals surface area contributed by atoms with Gasteiger partial charge in [-0.2, -0.15) is 23.5 Å². The largest absolute Gasteiger partial charge is 0.160 e. The molecule has 0 aromatic rings. The smallest absolute Gasteiger partial charge is 0.0284 e. The standard InChI is InChI=1S/C14H28Br2S2/c1-13(2,3)11(15)9-17-7-8-18-10-12(16)14(4,5)6/h11-12H,7-10H2,1-6H3. The predicted molar refractivity (Wildman–Crippen MR) is 99.0 cm³/mol. The Morgan fingerprint density at radius 1 is 0.722 bits per heavy atom. The lowest BCUT2D eigenvalue weighted by molar-refractivity contribution is 0.419. The molecule has 18 heavy (non-hydrogen) atoms. The van der Waals surface area contributed by atoms with E-state index in [4.69, 9.17) is 0 Å². The summed E-state index contributed by atoms with van der Waals surface area (Å²) < 4.78 is 0. The molecule has 0 aliphatic carbocycles. The van der Waals surface area contributed by atoms with Gasteiger partial charge in [0.1, 0.15) is 0 Å². The van der Waals surface area contributed by atoms with Gasteiger partial charge in [0, 0.05) is 32.7 Å². The van der Waals surface area contributed by atoms with E-state index < -0.39 is 0 Å². The number of rotatable bonds is 7. The maximum absolute atomic E-state index is 3.78. The Bertz CT molecular complexity index is 195. The Hall–Kier alpha value is 1.66. The molecular weight excluding hydrogens is 392 g/mol. The van der Waals surface area contributed by atoms with Gasteiger partial charge in [-0.3, -0.25) is 0 Å². The maximum atomic E-state index is 3.78. The van der Waals surface area contributed by atoms with Gasteiger partial charge in [-0.05, 0) is 10.8 Å². The molecule has 0 bridgehead atoms. The van der Waals surface area contributed by atoms with E-state index in [1.54, 1.807) is 0 Å². The molecule has 0 fully saturated rings. The SMILES string of the molecule is CC(C)(C)C(Br)CSCCSCC(Br)C(C)(C)C. The van der Waals surface area contributed by atoms with Crippen LogP contribution in [0.5, 0.6) is 0 Å². The fourth-order valence-electron chi connectivity index (χ4n) is 0.991. The second-order valence-electron chi connectivity index (χ2n) is 6.82. The molecule has 0 saturated carbocycles. The van der Waals surface area contributed by atoms with Crippen LogP contribution in [0.2, 0.25) is 0 Å². The highest BCUT2D eigenvalue weighted by Crippen LogP contribution is 2.30. The lowest BCUT2D eigenvalue weighted by Gasteiger charge is -2.26. The first-order valence-electron chi connectivity index (χ1n) is 6.48. The Kier molecular flexibility index (Phi) is 9.65. The molecule has 0 heterocycles. The molecule has 0 rings (SSSR count). The summed E-state index contributed by atoms with van der Waals surface area (Å²) in [5.41, 5.74) is 0.737. The van der Waals surface area contributed by atoms with Crippen molar-refractivity contribution in [3.8, 4) is 0 Å². The minimum absolute atomic E-state index is 0.368. The molecule has 0 aromatic heterocycles. The summed E-state index contributed by atoms with van der Waals surface area (Å²) in [7, 11) is 0. The first-order valence-corrected chi connectivity index (χ1v) is 10.6. The van der Waals surface area contributed by atoms with E-state index in [2.05, 4.69) is 96.9 Å². The van der Waals surface area contributed by atoms with Crippen molar-refractivity contribution in [2.45, 2.75) is 51.2 Å². The van der Waals surface area contributed by atoms with Crippen molar-refractivity contribution in [1.29, 1.82) is 0 Å². The molecule has 0 aliphatic rings. The van der Waals surface area contributed by atoms with Crippen LogP contribution in [0.15, 0.2) is 0 Å². The number of halogens is 2. The summed E-state index contributed by atoms with van der Waals surface area (Å²) in [6, 6.07) is 0. The van der Waals surface area contributed by atoms with Crippen molar-refractivity contribution in [3.63, 3.8) is 0 Å². The first kappa shape index (κ1) is 19.7. The third-order valence-electron chi connectivity index (χ3n) is 2.78. The fourth-order valence-corrected chi connectivity index (χ4v) is 4.80. The van der Waals surface area contributed by atoms with Crippen LogP contribution in [0.25, 0.3) is 0 Å². The molecule has 0 N–H and O–H groups in total. The molecule has 0 saturated heterocycles. The highest BCUT2D eigenvalue weighted by molar-refractivity contribution is 9.09. The van der Waals surface area contributed by atoms with Gasteiger partial charge in [0.15, 0.2) is 0 Å². The van der Waals surface area contributed by atoms with E-state index in [9.17, 15) is 0 Å². The van der Waals surface area contributed by atoms with Gasteiger partial charge in [-0.1, -0.05) is 73.4 Å². The molecule has 2 unspecified atom stereocenters. The Balaban J connectivity index is 3.53. The minimum Gasteiger partial charge on any atom is -0.160 e. The van der Waals surface area contributed by atoms with Gasteiger partial charge in [0.05, 0.1) is 0 Å². The van der Waals surface area contributed by atoms with Crippen LogP contribution < -0.4 is 0 Å². The van der Waals surface area contributed by atoms with Crippen LogP contribution in [0.4, 0.5) is 0 Å². The molecule has 0 amide bonds. The molecule has 2 atom stereocenters. The van der Waals surface area contributed by atoms with Crippen molar-refractivity contribution >= 4 is 55.4 Å². The van der Waals surface area contributed by atoms with Crippen molar-refractivity contribution in [1.82, 2.24) is 0 Å². The Labute approximate surface area is 139 Å². The highest BCUT2D eigenvalue weighted by atomic mass is 79.9. The van der Waals surface area contributed by atoms with E-state index in [1.165, 1.54) is 23.0 Å². The third kappa shape index (κ3) is 9.55. The van der Waals surface area contributed by atoms with Crippen molar-refractivity contribution in [2.75, 3.05) is 23.0 Å². The zero-order valence-corrected chi connectivity index (χ0v) is 17.4. The van der Waals surface area contributed by atoms with Gasteiger partial charge >= 0.3 is 0 Å². The quantitative estimate of drug-likeness (QED) is 0.362. The fraction of sp³-hybridized carbons (Fsp3) is 1.00. The summed E-state index contributed by atoms with van der Waals surface area (Å²) in [6.07, 6.45) is 0. The van der Waals surface area contributed by atoms with Crippen LogP contribution in [0.3, 0.4) is 0 Å². The summed E-state index contributed by atoms with van der Waals surface area (Å²) in [5.74, 6) is 4.93. The van der Waals surface area contributed by atoms with Gasteiger partial charge in [0.2, 0.25) is 0 Å². The lowest BCUT2D eigenvalue weighted by atomic mass is 9.93. The second kappa shape index (κ2) is 8.84. The second-order valence-corrected chi connectivity index (χ2v) is 11.3. The van der Waals surface area contributed by atoms with Crippen molar-refractivity contribution in [2.24, 2.45) is 10.8 Å². The third-order valence-corrected chi connectivity index (χ3v) is 9.41. The van der Waals surface area contributed by atoms with Gasteiger partial charge in [0.25, 0.3) is 0 Å². The number of alkyl halides is 2. The van der Waals surface area contributed by atoms with Crippen LogP contribution in [-0.4, -0.2) is 32.7 Å². The topological polar surface area (TPSA) is 0 Å². The van der Waals surface area contributed by atoms with Crippen molar-refractivity contribution in [3.05, 3.63) is 0 Å². The van der Waals surface area contributed by atoms with Crippen LogP contribution in [0, 0.1) is 10.8 Å². The number of thioether (sulfide) groups is 2. The normalized spacial score (nSPS) is 16.7. The Morgan fingerprint density at radius 3 is 1.22 bits per heavy atom. The lowest BCUT2D eigenvalue weighted by Crippen LogP contribution is -2.23. The van der Waals surface area contributed by atoms with Crippen LogP contribution >= 0.6 is 55.4 Å². The zero-order valence-electron chi connectivity index (χ0n) is 12.6. The van der Waals surface area contributed by atoms with Gasteiger partial charge < -0.3 is 0 Å². The van der Waals surface area contributed by atoms with E-state index in [0.29, 0.717) is 20.5 Å². The molecule has 4 heteroatoms. The van der Waals surface area contributed by atoms with Crippen LogP contribution in [0.1, 0.15) is 41.5 Å². The van der Waals surface area contributed by atoms with E-state index in [0.717, 1.165) is 0 Å². The molecule has 0 aliphatic heterocycles. The van der Waals surface area contributed by atoms with E-state index in [-0.39, 0.29) is 0 Å². The first-order chi connectivity index (χ1) is 8.05. The minimum atomic E-state index is 0.368. The molecule has 0 nitrogen and oxygen atoms in total. The number of hydrogen-bond acceptors (Lipinski definition) is 2. The highest BCUT2D eigenvalue weighted by Gasteiger charge is 2.22. The summed E-state index contributed by atoms with van der Waals surface area (Å²) in [5, 5.41) is 0. The number of hydrogen-bond donors (Lipinski definition) is 0. The van der Waals surface area contributed by atoms with Crippen molar-refractivity contribution < 1.29 is 0 Å². The Morgan fingerprint density at radius 2 is 1.00 bits per heavy atom. The van der Waals surface area contributed by atoms with Gasteiger partial charge in [-0.25, -0.2) is 0 Å². The molecule has 110 valence electrons. The monoisotopic (exact) mass is 418 g/mol. The maximum Gasteiger partial charge on any atom is 0.0284 e. The summed E-state index contributed by atoms with van der Waals surface area (Å²) in [6.45, 7) is 13.8. The summed E-state index contributed by atoms with van der Waals surface area (Å²) in [4.78, 5) is 1.22. The van der Waals surface area contributed by atoms with E-state index >= 15 is 0 Å². The average molecular weight is 420 g/mol. The van der Waals surface area contributed by atoms with Crippen LogP contribution in [-0.2, 0) is 0 Å². The van der Waals surface area contributed by atoms with E-state index in [1.807, 2.05) is 0 Å². The zero-order chi connectivity index (χ0) is 14.4. The molecular formula is C14H28Br2S2. The summed E-state index contributed by atoms with van der Waals surface area (Å²) >= 11 is 11.7. The molecule has 0 aromatic carbocycles. The molecule has 0 radical (unpaired) electrons. The predicted octanol–water partition coefficient (Wildman–Crippen LogP) is 6.07. The molecule has 0 spiro atoms. The van der Waals surface area contributed by atoms with Gasteiger partial charge in [-0.15, -0.1) is 0 Å².